The molecule has 0 aromatic carbocycles. The normalized spacial score (nSPS) is 30.2. The topological polar surface area (TPSA) is 41.5 Å². The van der Waals surface area contributed by atoms with Crippen LogP contribution in [0.25, 0.3) is 0 Å². The first-order valence-electron chi connectivity index (χ1n) is 7.07. The van der Waals surface area contributed by atoms with E-state index in [1.807, 2.05) is 6.92 Å². The van der Waals surface area contributed by atoms with Crippen LogP contribution in [0.2, 0.25) is 0 Å². The van der Waals surface area contributed by atoms with Gasteiger partial charge < -0.3 is 5.32 Å². The van der Waals surface area contributed by atoms with Crippen LogP contribution in [0.15, 0.2) is 4.99 Å². The first-order valence-corrected chi connectivity index (χ1v) is 7.07. The van der Waals surface area contributed by atoms with E-state index in [2.05, 4.69) is 12.2 Å². The van der Waals surface area contributed by atoms with E-state index in [1.165, 1.54) is 19.3 Å². The van der Waals surface area contributed by atoms with Crippen LogP contribution in [0, 0.1) is 5.92 Å². The summed E-state index contributed by atoms with van der Waals surface area (Å²) in [6, 6.07) is 0. The highest BCUT2D eigenvalue weighted by Gasteiger charge is 2.45. The van der Waals surface area contributed by atoms with Gasteiger partial charge in [-0.05, 0) is 32.1 Å². The van der Waals surface area contributed by atoms with Crippen LogP contribution < -0.4 is 5.32 Å². The van der Waals surface area contributed by atoms with Crippen molar-refractivity contribution in [3.63, 3.8) is 0 Å². The maximum atomic E-state index is 12.1. The Balaban J connectivity index is 2.06. The van der Waals surface area contributed by atoms with Gasteiger partial charge in [-0.25, -0.2) is 0 Å². The average molecular weight is 236 g/mol. The third-order valence-electron chi connectivity index (χ3n) is 4.25. The highest BCUT2D eigenvalue weighted by molar-refractivity contribution is 6.08. The van der Waals surface area contributed by atoms with Gasteiger partial charge in [0.15, 0.2) is 0 Å². The lowest BCUT2D eigenvalue weighted by Crippen LogP contribution is -2.43. The second-order valence-electron chi connectivity index (χ2n) is 5.60. The highest BCUT2D eigenvalue weighted by Crippen LogP contribution is 2.37. The molecule has 3 nitrogen and oxygen atoms in total. The lowest BCUT2D eigenvalue weighted by Gasteiger charge is -2.32. The van der Waals surface area contributed by atoms with Crippen molar-refractivity contribution in [2.75, 3.05) is 0 Å². The zero-order valence-corrected chi connectivity index (χ0v) is 11.1. The van der Waals surface area contributed by atoms with Crippen molar-refractivity contribution in [3.05, 3.63) is 0 Å². The number of carbonyl (C=O) groups is 1. The molecule has 1 aliphatic carbocycles. The van der Waals surface area contributed by atoms with Gasteiger partial charge in [-0.2, -0.15) is 0 Å². The van der Waals surface area contributed by atoms with Gasteiger partial charge in [-0.1, -0.05) is 32.6 Å². The predicted molar refractivity (Wildman–Crippen MR) is 70.1 cm³/mol. The van der Waals surface area contributed by atoms with Crippen molar-refractivity contribution >= 4 is 11.7 Å². The largest absolute Gasteiger partial charge is 0.312 e. The standard InChI is InChI=1S/C14H24N2O/c1-3-4-10-12-15-13(17)14(2,16-12)11-8-6-5-7-9-11/h11H,3-10H2,1-2H3,(H,15,16,17)/t14-/m1/s1. The molecule has 0 radical (unpaired) electrons. The van der Waals surface area contributed by atoms with Gasteiger partial charge in [0.05, 0.1) is 0 Å². The summed E-state index contributed by atoms with van der Waals surface area (Å²) in [6.07, 6.45) is 9.34. The Morgan fingerprint density at radius 2 is 2.06 bits per heavy atom. The molecule has 2 rings (SSSR count). The van der Waals surface area contributed by atoms with E-state index in [0.29, 0.717) is 5.92 Å². The van der Waals surface area contributed by atoms with Crippen molar-refractivity contribution in [2.45, 2.75) is 70.8 Å². The summed E-state index contributed by atoms with van der Waals surface area (Å²) in [5.74, 6) is 1.51. The van der Waals surface area contributed by atoms with Crippen LogP contribution in [-0.2, 0) is 4.79 Å². The van der Waals surface area contributed by atoms with E-state index < -0.39 is 5.54 Å². The number of hydrogen-bond acceptors (Lipinski definition) is 2. The van der Waals surface area contributed by atoms with E-state index in [1.54, 1.807) is 0 Å². The summed E-state index contributed by atoms with van der Waals surface area (Å²) in [5, 5.41) is 2.99. The maximum Gasteiger partial charge on any atom is 0.253 e. The van der Waals surface area contributed by atoms with Gasteiger partial charge in [0, 0.05) is 6.42 Å². The SMILES string of the molecule is CCCCC1=N[C@](C)(C2CCCCC2)C(=O)N1. The smallest absolute Gasteiger partial charge is 0.253 e. The average Bonchev–Trinajstić information content (AvgIpc) is 2.65. The summed E-state index contributed by atoms with van der Waals surface area (Å²) in [5.41, 5.74) is -0.469. The fraction of sp³-hybridized carbons (Fsp3) is 0.857. The molecule has 1 heterocycles. The van der Waals surface area contributed by atoms with Crippen LogP contribution in [0.5, 0.6) is 0 Å². The number of carbonyl (C=O) groups excluding carboxylic acids is 1. The molecule has 1 atom stereocenters. The number of rotatable bonds is 4. The van der Waals surface area contributed by atoms with Gasteiger partial charge >= 0.3 is 0 Å². The summed E-state index contributed by atoms with van der Waals surface area (Å²) in [6.45, 7) is 4.19. The molecule has 3 heteroatoms. The maximum absolute atomic E-state index is 12.1. The zero-order chi connectivity index (χ0) is 12.3. The number of aliphatic imine (C=N–C) groups is 1. The van der Waals surface area contributed by atoms with E-state index in [-0.39, 0.29) is 5.91 Å². The summed E-state index contributed by atoms with van der Waals surface area (Å²) in [4.78, 5) is 16.9. The summed E-state index contributed by atoms with van der Waals surface area (Å²) < 4.78 is 0. The Hall–Kier alpha value is -0.860. The van der Waals surface area contributed by atoms with Crippen molar-refractivity contribution < 1.29 is 4.79 Å². The minimum atomic E-state index is -0.469. The van der Waals surface area contributed by atoms with E-state index in [9.17, 15) is 4.79 Å². The number of nitrogens with zero attached hydrogens (tertiary/aromatic N) is 1. The molecule has 17 heavy (non-hydrogen) atoms. The third kappa shape index (κ3) is 2.53. The van der Waals surface area contributed by atoms with Crippen molar-refractivity contribution in [1.82, 2.24) is 5.32 Å². The number of hydrogen-bond donors (Lipinski definition) is 1. The van der Waals surface area contributed by atoms with Gasteiger partial charge in [0.25, 0.3) is 5.91 Å². The number of amidine groups is 1. The van der Waals surface area contributed by atoms with Crippen molar-refractivity contribution in [2.24, 2.45) is 10.9 Å². The Morgan fingerprint density at radius 1 is 1.35 bits per heavy atom. The number of amides is 1. The molecule has 0 saturated heterocycles. The lowest BCUT2D eigenvalue weighted by molar-refractivity contribution is -0.125. The van der Waals surface area contributed by atoms with Crippen molar-refractivity contribution in [1.29, 1.82) is 0 Å². The molecule has 0 spiro atoms. The molecule has 0 aromatic rings. The fourth-order valence-corrected chi connectivity index (χ4v) is 3.02. The molecule has 0 aromatic heterocycles. The quantitative estimate of drug-likeness (QED) is 0.801. The molecular formula is C14H24N2O. The van der Waals surface area contributed by atoms with Crippen LogP contribution in [0.1, 0.15) is 65.2 Å². The fourth-order valence-electron chi connectivity index (χ4n) is 3.02. The highest BCUT2D eigenvalue weighted by atomic mass is 16.2. The second-order valence-corrected chi connectivity index (χ2v) is 5.60. The predicted octanol–water partition coefficient (Wildman–Crippen LogP) is 3.04. The van der Waals surface area contributed by atoms with E-state index >= 15 is 0 Å². The minimum absolute atomic E-state index is 0.135. The second kappa shape index (κ2) is 5.19. The minimum Gasteiger partial charge on any atom is -0.312 e. The molecule has 1 fully saturated rings. The van der Waals surface area contributed by atoms with Gasteiger partial charge in [0.1, 0.15) is 11.4 Å². The Kier molecular flexibility index (Phi) is 3.85. The number of nitrogens with one attached hydrogen (secondary N) is 1. The molecule has 1 amide bonds. The molecule has 1 N–H and O–H groups in total. The molecule has 1 saturated carbocycles. The Labute approximate surface area is 104 Å². The van der Waals surface area contributed by atoms with Gasteiger partial charge in [-0.3, -0.25) is 9.79 Å². The summed E-state index contributed by atoms with van der Waals surface area (Å²) in [7, 11) is 0. The monoisotopic (exact) mass is 236 g/mol. The van der Waals surface area contributed by atoms with Crippen LogP contribution >= 0.6 is 0 Å². The van der Waals surface area contributed by atoms with Crippen LogP contribution in [0.3, 0.4) is 0 Å². The van der Waals surface area contributed by atoms with E-state index in [0.717, 1.165) is 37.9 Å². The number of unbranched alkanes of at least 4 members (excludes halogenated alkanes) is 1. The molecule has 0 bridgehead atoms. The molecule has 2 aliphatic rings. The molecule has 0 unspecified atom stereocenters. The van der Waals surface area contributed by atoms with Crippen LogP contribution in [-0.4, -0.2) is 17.3 Å². The third-order valence-corrected chi connectivity index (χ3v) is 4.25. The first-order chi connectivity index (χ1) is 8.16. The van der Waals surface area contributed by atoms with E-state index in [4.69, 9.17) is 4.99 Å². The molecule has 96 valence electrons. The Bertz CT molecular complexity index is 318. The van der Waals surface area contributed by atoms with Crippen LogP contribution in [0.4, 0.5) is 0 Å². The van der Waals surface area contributed by atoms with Crippen molar-refractivity contribution in [3.8, 4) is 0 Å². The molecular weight excluding hydrogens is 212 g/mol. The van der Waals surface area contributed by atoms with Gasteiger partial charge in [-0.15, -0.1) is 0 Å². The Morgan fingerprint density at radius 3 is 2.71 bits per heavy atom. The summed E-state index contributed by atoms with van der Waals surface area (Å²) >= 11 is 0. The molecule has 1 aliphatic heterocycles. The zero-order valence-electron chi connectivity index (χ0n) is 11.1. The van der Waals surface area contributed by atoms with Gasteiger partial charge in [0.2, 0.25) is 0 Å². The lowest BCUT2D eigenvalue weighted by atomic mass is 9.76. The first kappa shape index (κ1) is 12.6.